The first kappa shape index (κ1) is 32.0. The average molecular weight is 714 g/mol. The maximum Gasteiger partial charge on any atom is 0.135 e. The standard InChI is InChI=1S/C54H35NO/c1-2-12-36(13-3-1)42-27-29-50(48(34-42)43-24-22-37-14-4-6-17-40(37)32-43)55(45-28-31-53-49(35-45)47-20-10-11-21-52(47)56-53)51-30-26-39-16-8-9-19-46(39)54(51)44-25-23-38-15-5-7-18-41(38)33-44/h1-35H. The fourth-order valence-electron chi connectivity index (χ4n) is 8.48. The van der Waals surface area contributed by atoms with Crippen molar-refractivity contribution in [3.63, 3.8) is 0 Å². The number of fused-ring (bicyclic) bond motifs is 6. The van der Waals surface area contributed by atoms with Gasteiger partial charge >= 0.3 is 0 Å². The summed E-state index contributed by atoms with van der Waals surface area (Å²) >= 11 is 0. The minimum absolute atomic E-state index is 0.873. The van der Waals surface area contributed by atoms with E-state index in [-0.39, 0.29) is 0 Å². The fourth-order valence-corrected chi connectivity index (χ4v) is 8.48. The molecule has 0 amide bonds. The third-order valence-electron chi connectivity index (χ3n) is 11.2. The Balaban J connectivity index is 1.24. The van der Waals surface area contributed by atoms with E-state index in [1.807, 2.05) is 12.1 Å². The Hall–Kier alpha value is -7.42. The van der Waals surface area contributed by atoms with Gasteiger partial charge in [-0.1, -0.05) is 158 Å². The van der Waals surface area contributed by atoms with Crippen LogP contribution in [0.4, 0.5) is 17.1 Å². The Labute approximate surface area is 325 Å². The molecule has 2 nitrogen and oxygen atoms in total. The first-order valence-corrected chi connectivity index (χ1v) is 19.2. The highest BCUT2D eigenvalue weighted by Crippen LogP contribution is 2.49. The molecule has 10 aromatic carbocycles. The van der Waals surface area contributed by atoms with Crippen molar-refractivity contribution in [2.75, 3.05) is 4.90 Å². The van der Waals surface area contributed by atoms with Crippen molar-refractivity contribution in [2.24, 2.45) is 0 Å². The van der Waals surface area contributed by atoms with Gasteiger partial charge in [0.15, 0.2) is 0 Å². The van der Waals surface area contributed by atoms with Gasteiger partial charge in [0.2, 0.25) is 0 Å². The van der Waals surface area contributed by atoms with E-state index in [9.17, 15) is 0 Å². The van der Waals surface area contributed by atoms with Crippen LogP contribution in [0.5, 0.6) is 0 Å². The van der Waals surface area contributed by atoms with E-state index < -0.39 is 0 Å². The van der Waals surface area contributed by atoms with Gasteiger partial charge in [0.25, 0.3) is 0 Å². The summed E-state index contributed by atoms with van der Waals surface area (Å²) in [4.78, 5) is 2.47. The van der Waals surface area contributed by atoms with Crippen LogP contribution in [0.1, 0.15) is 0 Å². The second-order valence-corrected chi connectivity index (χ2v) is 14.5. The smallest absolute Gasteiger partial charge is 0.135 e. The molecule has 0 aliphatic rings. The largest absolute Gasteiger partial charge is 0.456 e. The molecule has 0 N–H and O–H groups in total. The van der Waals surface area contributed by atoms with Crippen LogP contribution in [0, 0.1) is 0 Å². The van der Waals surface area contributed by atoms with Crippen LogP contribution >= 0.6 is 0 Å². The molecule has 0 unspecified atom stereocenters. The Morgan fingerprint density at radius 3 is 1.66 bits per heavy atom. The van der Waals surface area contributed by atoms with E-state index in [1.54, 1.807) is 0 Å². The summed E-state index contributed by atoms with van der Waals surface area (Å²) in [7, 11) is 0. The van der Waals surface area contributed by atoms with Crippen molar-refractivity contribution in [3.8, 4) is 33.4 Å². The van der Waals surface area contributed by atoms with Crippen LogP contribution < -0.4 is 4.90 Å². The number of rotatable bonds is 6. The molecule has 11 aromatic rings. The molecule has 0 atom stereocenters. The van der Waals surface area contributed by atoms with Gasteiger partial charge in [-0.3, -0.25) is 0 Å². The lowest BCUT2D eigenvalue weighted by Crippen LogP contribution is -2.13. The molecular formula is C54H35NO. The molecule has 0 saturated carbocycles. The molecule has 56 heavy (non-hydrogen) atoms. The third kappa shape index (κ3) is 5.42. The Morgan fingerprint density at radius 1 is 0.304 bits per heavy atom. The SMILES string of the molecule is c1ccc(-c2ccc(N(c3ccc4oc5ccccc5c4c3)c3ccc4ccccc4c3-c3ccc4ccccc4c3)c(-c3ccc4ccccc4c3)c2)cc1. The van der Waals surface area contributed by atoms with Crippen molar-refractivity contribution in [3.05, 3.63) is 212 Å². The van der Waals surface area contributed by atoms with E-state index in [4.69, 9.17) is 4.42 Å². The van der Waals surface area contributed by atoms with Crippen LogP contribution in [0.2, 0.25) is 0 Å². The summed E-state index contributed by atoms with van der Waals surface area (Å²) in [5.41, 5.74) is 12.0. The molecule has 0 bridgehead atoms. The average Bonchev–Trinajstić information content (AvgIpc) is 3.64. The minimum atomic E-state index is 0.873. The molecule has 262 valence electrons. The van der Waals surface area contributed by atoms with Crippen molar-refractivity contribution in [2.45, 2.75) is 0 Å². The van der Waals surface area contributed by atoms with Gasteiger partial charge < -0.3 is 9.32 Å². The molecule has 1 aromatic heterocycles. The minimum Gasteiger partial charge on any atom is -0.456 e. The fraction of sp³-hybridized carbons (Fsp3) is 0. The maximum absolute atomic E-state index is 6.37. The summed E-state index contributed by atoms with van der Waals surface area (Å²) in [6, 6.07) is 76.9. The molecule has 0 aliphatic carbocycles. The predicted octanol–water partition coefficient (Wildman–Crippen LogP) is 15.5. The van der Waals surface area contributed by atoms with Gasteiger partial charge in [0, 0.05) is 27.6 Å². The number of nitrogens with zero attached hydrogens (tertiary/aromatic N) is 1. The van der Waals surface area contributed by atoms with Crippen molar-refractivity contribution < 1.29 is 4.42 Å². The van der Waals surface area contributed by atoms with Crippen molar-refractivity contribution >= 4 is 71.3 Å². The number of furan rings is 1. The van der Waals surface area contributed by atoms with E-state index in [0.717, 1.165) is 50.1 Å². The number of anilines is 3. The lowest BCUT2D eigenvalue weighted by atomic mass is 9.92. The topological polar surface area (TPSA) is 16.4 Å². The van der Waals surface area contributed by atoms with Crippen LogP contribution in [0.25, 0.3) is 87.6 Å². The lowest BCUT2D eigenvalue weighted by molar-refractivity contribution is 0.669. The van der Waals surface area contributed by atoms with Gasteiger partial charge in [-0.25, -0.2) is 0 Å². The third-order valence-corrected chi connectivity index (χ3v) is 11.2. The molecule has 0 saturated heterocycles. The number of benzene rings is 10. The molecule has 0 radical (unpaired) electrons. The van der Waals surface area contributed by atoms with E-state index in [1.165, 1.54) is 54.6 Å². The second-order valence-electron chi connectivity index (χ2n) is 14.5. The highest BCUT2D eigenvalue weighted by atomic mass is 16.3. The van der Waals surface area contributed by atoms with Crippen LogP contribution in [-0.4, -0.2) is 0 Å². The van der Waals surface area contributed by atoms with Crippen molar-refractivity contribution in [1.82, 2.24) is 0 Å². The molecule has 11 rings (SSSR count). The monoisotopic (exact) mass is 713 g/mol. The van der Waals surface area contributed by atoms with Gasteiger partial charge in [-0.05, 0) is 109 Å². The molecule has 0 aliphatic heterocycles. The number of hydrogen-bond donors (Lipinski definition) is 0. The Bertz CT molecular complexity index is 3270. The zero-order chi connectivity index (χ0) is 37.0. The Morgan fingerprint density at radius 2 is 0.875 bits per heavy atom. The summed E-state index contributed by atoms with van der Waals surface area (Å²) in [5, 5.41) is 9.46. The van der Waals surface area contributed by atoms with E-state index in [2.05, 4.69) is 205 Å². The second kappa shape index (κ2) is 13.2. The molecule has 2 heteroatoms. The summed E-state index contributed by atoms with van der Waals surface area (Å²) in [5.74, 6) is 0. The Kier molecular flexibility index (Phi) is 7.53. The van der Waals surface area contributed by atoms with Gasteiger partial charge in [0.1, 0.15) is 11.2 Å². The molecule has 0 spiro atoms. The van der Waals surface area contributed by atoms with Crippen LogP contribution in [0.3, 0.4) is 0 Å². The summed E-state index contributed by atoms with van der Waals surface area (Å²) in [6.45, 7) is 0. The van der Waals surface area contributed by atoms with Gasteiger partial charge in [-0.2, -0.15) is 0 Å². The zero-order valence-corrected chi connectivity index (χ0v) is 30.6. The van der Waals surface area contributed by atoms with Crippen LogP contribution in [-0.2, 0) is 0 Å². The zero-order valence-electron chi connectivity index (χ0n) is 30.6. The molecular weight excluding hydrogens is 679 g/mol. The normalized spacial score (nSPS) is 11.6. The predicted molar refractivity (Wildman–Crippen MR) is 237 cm³/mol. The van der Waals surface area contributed by atoms with Gasteiger partial charge in [-0.15, -0.1) is 0 Å². The number of para-hydroxylation sites is 1. The molecule has 1 heterocycles. The first-order valence-electron chi connectivity index (χ1n) is 19.2. The highest BCUT2D eigenvalue weighted by Gasteiger charge is 2.24. The maximum atomic E-state index is 6.37. The van der Waals surface area contributed by atoms with Crippen LogP contribution in [0.15, 0.2) is 217 Å². The van der Waals surface area contributed by atoms with Crippen molar-refractivity contribution in [1.29, 1.82) is 0 Å². The highest BCUT2D eigenvalue weighted by molar-refractivity contribution is 6.10. The van der Waals surface area contributed by atoms with Gasteiger partial charge in [0.05, 0.1) is 11.4 Å². The summed E-state index contributed by atoms with van der Waals surface area (Å²) < 4.78 is 6.37. The first-order chi connectivity index (χ1) is 27.7. The number of hydrogen-bond acceptors (Lipinski definition) is 2. The quantitative estimate of drug-likeness (QED) is 0.171. The summed E-state index contributed by atoms with van der Waals surface area (Å²) in [6.07, 6.45) is 0. The lowest BCUT2D eigenvalue weighted by Gasteiger charge is -2.31. The van der Waals surface area contributed by atoms with E-state index >= 15 is 0 Å². The van der Waals surface area contributed by atoms with E-state index in [0.29, 0.717) is 0 Å². The molecule has 0 fully saturated rings.